The minimum atomic E-state index is -0.378. The Morgan fingerprint density at radius 2 is 2.07 bits per heavy atom. The maximum absolute atomic E-state index is 12.5. The van der Waals surface area contributed by atoms with Gasteiger partial charge in [-0.15, -0.1) is 11.3 Å². The Kier molecular flexibility index (Phi) is 6.52. The van der Waals surface area contributed by atoms with Crippen LogP contribution in [0.15, 0.2) is 24.3 Å². The van der Waals surface area contributed by atoms with Gasteiger partial charge in [-0.1, -0.05) is 23.7 Å². The number of carbonyl (C=O) groups is 2. The lowest BCUT2D eigenvalue weighted by atomic mass is 9.95. The van der Waals surface area contributed by atoms with E-state index in [1.807, 2.05) is 36.2 Å². The highest BCUT2D eigenvalue weighted by Gasteiger charge is 2.27. The van der Waals surface area contributed by atoms with Crippen LogP contribution in [0.2, 0.25) is 5.02 Å². The van der Waals surface area contributed by atoms with E-state index >= 15 is 0 Å². The average molecular weight is 407 g/mol. The number of thiophene rings is 1. The van der Waals surface area contributed by atoms with Crippen LogP contribution in [0.1, 0.15) is 39.2 Å². The summed E-state index contributed by atoms with van der Waals surface area (Å²) in [6.07, 6.45) is 3.99. The van der Waals surface area contributed by atoms with Crippen molar-refractivity contribution in [2.24, 2.45) is 0 Å². The largest absolute Gasteiger partial charge is 0.465 e. The molecule has 0 bridgehead atoms. The second-order valence-electron chi connectivity index (χ2n) is 6.76. The standard InChI is InChI=1S/C20H23ClN2O3S/c1-23(11-13-6-5-7-14(21)10-13)12-17(24)22-19-18(20(25)26-2)15-8-3-4-9-16(15)27-19/h5-7,10H,3-4,8-9,11-12H2,1-2H3,(H,22,24). The molecule has 1 amide bonds. The zero-order chi connectivity index (χ0) is 19.4. The Balaban J connectivity index is 1.68. The Bertz CT molecular complexity index is 850. The molecule has 3 rings (SSSR count). The number of benzene rings is 1. The molecule has 1 aromatic heterocycles. The average Bonchev–Trinajstić information content (AvgIpc) is 2.98. The first-order chi connectivity index (χ1) is 13.0. The number of anilines is 1. The number of carbonyl (C=O) groups excluding carboxylic acids is 2. The number of nitrogens with one attached hydrogen (secondary N) is 1. The molecule has 144 valence electrons. The second-order valence-corrected chi connectivity index (χ2v) is 8.30. The van der Waals surface area contributed by atoms with Crippen molar-refractivity contribution in [3.63, 3.8) is 0 Å². The van der Waals surface area contributed by atoms with Crippen molar-refractivity contribution < 1.29 is 14.3 Å². The first-order valence-electron chi connectivity index (χ1n) is 8.93. The molecule has 1 heterocycles. The number of fused-ring (bicyclic) bond motifs is 1. The first kappa shape index (κ1) is 19.9. The maximum Gasteiger partial charge on any atom is 0.341 e. The second kappa shape index (κ2) is 8.87. The molecule has 1 aliphatic carbocycles. The number of aryl methyl sites for hydroxylation is 1. The van der Waals surface area contributed by atoms with Crippen molar-refractivity contribution in [1.82, 2.24) is 4.90 Å². The summed E-state index contributed by atoms with van der Waals surface area (Å²) >= 11 is 7.51. The molecule has 27 heavy (non-hydrogen) atoms. The van der Waals surface area contributed by atoms with E-state index in [-0.39, 0.29) is 18.4 Å². The van der Waals surface area contributed by atoms with E-state index in [4.69, 9.17) is 16.3 Å². The third-order valence-corrected chi connectivity index (χ3v) is 6.01. The molecule has 0 spiro atoms. The van der Waals surface area contributed by atoms with Crippen molar-refractivity contribution in [3.8, 4) is 0 Å². The molecule has 0 atom stereocenters. The van der Waals surface area contributed by atoms with Gasteiger partial charge in [0.15, 0.2) is 0 Å². The number of ether oxygens (including phenoxy) is 1. The van der Waals surface area contributed by atoms with Gasteiger partial charge in [0.05, 0.1) is 19.2 Å². The third-order valence-electron chi connectivity index (χ3n) is 4.57. The molecule has 2 aromatic rings. The van der Waals surface area contributed by atoms with Crippen molar-refractivity contribution in [3.05, 3.63) is 50.9 Å². The molecule has 0 saturated carbocycles. The lowest BCUT2D eigenvalue weighted by molar-refractivity contribution is -0.117. The molecule has 1 aromatic carbocycles. The number of nitrogens with zero attached hydrogens (tertiary/aromatic N) is 1. The molecule has 0 aliphatic heterocycles. The Morgan fingerprint density at radius 3 is 2.81 bits per heavy atom. The van der Waals surface area contributed by atoms with Gasteiger partial charge in [-0.05, 0) is 56.0 Å². The Labute approximate surface area is 168 Å². The fourth-order valence-electron chi connectivity index (χ4n) is 3.39. The number of hydrogen-bond acceptors (Lipinski definition) is 5. The van der Waals surface area contributed by atoms with Gasteiger partial charge < -0.3 is 10.1 Å². The number of hydrogen-bond donors (Lipinski definition) is 1. The van der Waals surface area contributed by atoms with Crippen molar-refractivity contribution in [2.75, 3.05) is 26.0 Å². The predicted octanol–water partition coefficient (Wildman–Crippen LogP) is 4.14. The number of rotatable bonds is 6. The molecule has 0 saturated heterocycles. The van der Waals surface area contributed by atoms with Crippen molar-refractivity contribution >= 4 is 39.8 Å². The third kappa shape index (κ3) is 4.89. The van der Waals surface area contributed by atoms with Gasteiger partial charge in [-0.25, -0.2) is 4.79 Å². The van der Waals surface area contributed by atoms with Crippen LogP contribution in [0, 0.1) is 0 Å². The number of likely N-dealkylation sites (N-methyl/N-ethyl adjacent to an activating group) is 1. The number of methoxy groups -OCH3 is 1. The molecule has 0 unspecified atom stereocenters. The minimum absolute atomic E-state index is 0.150. The van der Waals surface area contributed by atoms with Crippen molar-refractivity contribution in [1.29, 1.82) is 0 Å². The van der Waals surface area contributed by atoms with Crippen LogP contribution in [0.3, 0.4) is 0 Å². The van der Waals surface area contributed by atoms with Gasteiger partial charge >= 0.3 is 5.97 Å². The first-order valence-corrected chi connectivity index (χ1v) is 10.1. The minimum Gasteiger partial charge on any atom is -0.465 e. The van der Waals surface area contributed by atoms with Crippen LogP contribution in [0.5, 0.6) is 0 Å². The van der Waals surface area contributed by atoms with Gasteiger partial charge in [0.2, 0.25) is 5.91 Å². The Hall–Kier alpha value is -1.89. The SMILES string of the molecule is COC(=O)c1c(NC(=O)CN(C)Cc2cccc(Cl)c2)sc2c1CCCC2. The fraction of sp³-hybridized carbons (Fsp3) is 0.400. The molecule has 0 radical (unpaired) electrons. The van der Waals surface area contributed by atoms with Gasteiger partial charge in [0, 0.05) is 16.4 Å². The molecule has 5 nitrogen and oxygen atoms in total. The summed E-state index contributed by atoms with van der Waals surface area (Å²) in [7, 11) is 3.25. The highest BCUT2D eigenvalue weighted by molar-refractivity contribution is 7.17. The summed E-state index contributed by atoms with van der Waals surface area (Å²) in [4.78, 5) is 27.9. The highest BCUT2D eigenvalue weighted by atomic mass is 35.5. The summed E-state index contributed by atoms with van der Waals surface area (Å²) in [5, 5.41) is 4.21. The van der Waals surface area contributed by atoms with Gasteiger partial charge in [0.1, 0.15) is 5.00 Å². The zero-order valence-electron chi connectivity index (χ0n) is 15.5. The van der Waals surface area contributed by atoms with E-state index in [1.165, 1.54) is 23.3 Å². The fourth-order valence-corrected chi connectivity index (χ4v) is 4.89. The maximum atomic E-state index is 12.5. The number of esters is 1. The monoisotopic (exact) mass is 406 g/mol. The molecule has 1 N–H and O–H groups in total. The van der Waals surface area contributed by atoms with Crippen LogP contribution in [-0.2, 0) is 28.9 Å². The molecule has 0 fully saturated rings. The van der Waals surface area contributed by atoms with E-state index in [1.54, 1.807) is 0 Å². The van der Waals surface area contributed by atoms with E-state index in [2.05, 4.69) is 5.32 Å². The van der Waals surface area contributed by atoms with Crippen LogP contribution in [0.4, 0.5) is 5.00 Å². The van der Waals surface area contributed by atoms with E-state index in [0.717, 1.165) is 36.8 Å². The smallest absolute Gasteiger partial charge is 0.341 e. The summed E-state index contributed by atoms with van der Waals surface area (Å²) < 4.78 is 4.95. The lowest BCUT2D eigenvalue weighted by Gasteiger charge is -2.16. The van der Waals surface area contributed by atoms with E-state index < -0.39 is 0 Å². The topological polar surface area (TPSA) is 58.6 Å². The van der Waals surface area contributed by atoms with Crippen LogP contribution in [0.25, 0.3) is 0 Å². The van der Waals surface area contributed by atoms with Gasteiger partial charge in [0.25, 0.3) is 0 Å². The van der Waals surface area contributed by atoms with E-state index in [9.17, 15) is 9.59 Å². The normalized spacial score (nSPS) is 13.3. The molecular weight excluding hydrogens is 384 g/mol. The molecular formula is C20H23ClN2O3S. The van der Waals surface area contributed by atoms with Crippen LogP contribution < -0.4 is 5.32 Å². The quantitative estimate of drug-likeness (QED) is 0.732. The van der Waals surface area contributed by atoms with Crippen molar-refractivity contribution in [2.45, 2.75) is 32.2 Å². The summed E-state index contributed by atoms with van der Waals surface area (Å²) in [5.41, 5.74) is 2.61. The lowest BCUT2D eigenvalue weighted by Crippen LogP contribution is -2.30. The molecule has 1 aliphatic rings. The van der Waals surface area contributed by atoms with Gasteiger partial charge in [-0.3, -0.25) is 9.69 Å². The zero-order valence-corrected chi connectivity index (χ0v) is 17.1. The summed E-state index contributed by atoms with van der Waals surface area (Å²) in [5.74, 6) is -0.528. The highest BCUT2D eigenvalue weighted by Crippen LogP contribution is 2.38. The molecule has 7 heteroatoms. The number of halogens is 1. The predicted molar refractivity (Wildman–Crippen MR) is 109 cm³/mol. The van der Waals surface area contributed by atoms with E-state index in [0.29, 0.717) is 22.1 Å². The van der Waals surface area contributed by atoms with Crippen LogP contribution in [-0.4, -0.2) is 37.5 Å². The Morgan fingerprint density at radius 1 is 1.30 bits per heavy atom. The van der Waals surface area contributed by atoms with Gasteiger partial charge in [-0.2, -0.15) is 0 Å². The van der Waals surface area contributed by atoms with Crippen LogP contribution >= 0.6 is 22.9 Å². The summed E-state index contributed by atoms with van der Waals surface area (Å²) in [6.45, 7) is 0.828. The summed E-state index contributed by atoms with van der Waals surface area (Å²) in [6, 6.07) is 7.58. The number of amides is 1.